The normalized spacial score (nSPS) is 19.2. The van der Waals surface area contributed by atoms with Gasteiger partial charge in [-0.25, -0.2) is 9.59 Å². The molecule has 3 heterocycles. The molecule has 1 fully saturated rings. The first-order valence-electron chi connectivity index (χ1n) is 14.3. The van der Waals surface area contributed by atoms with Crippen LogP contribution in [-0.4, -0.2) is 57.8 Å². The highest BCUT2D eigenvalue weighted by Crippen LogP contribution is 2.29. The van der Waals surface area contributed by atoms with E-state index in [4.69, 9.17) is 5.73 Å². The zero-order valence-corrected chi connectivity index (χ0v) is 23.3. The highest BCUT2D eigenvalue weighted by Gasteiger charge is 2.35. The molecule has 0 spiro atoms. The number of aryl methyl sites for hydroxylation is 1. The van der Waals surface area contributed by atoms with Crippen molar-refractivity contribution in [3.05, 3.63) is 94.5 Å². The van der Waals surface area contributed by atoms with Gasteiger partial charge in [0.1, 0.15) is 6.04 Å². The first-order chi connectivity index (χ1) is 19.9. The zero-order chi connectivity index (χ0) is 28.5. The molecular formula is C32H36N6O3. The Morgan fingerprint density at radius 3 is 2.46 bits per heavy atom. The number of piperidine rings is 1. The van der Waals surface area contributed by atoms with Crippen LogP contribution in [0.1, 0.15) is 40.7 Å². The second-order valence-electron chi connectivity index (χ2n) is 11.3. The van der Waals surface area contributed by atoms with Gasteiger partial charge in [-0.3, -0.25) is 4.79 Å². The third kappa shape index (κ3) is 5.57. The number of likely N-dealkylation sites (tertiary alicyclic amines) is 1. The Bertz CT molecular complexity index is 1470. The fraction of sp³-hybridized carbons (Fsp3) is 0.344. The van der Waals surface area contributed by atoms with Crippen LogP contribution < -0.4 is 16.4 Å². The highest BCUT2D eigenvalue weighted by atomic mass is 16.2. The lowest BCUT2D eigenvalue weighted by molar-refractivity contribution is -0.134. The predicted molar refractivity (Wildman–Crippen MR) is 158 cm³/mol. The van der Waals surface area contributed by atoms with Gasteiger partial charge in [0, 0.05) is 56.6 Å². The Morgan fingerprint density at radius 1 is 0.951 bits per heavy atom. The van der Waals surface area contributed by atoms with E-state index in [1.165, 1.54) is 0 Å². The quantitative estimate of drug-likeness (QED) is 0.420. The first kappa shape index (κ1) is 26.7. The minimum absolute atomic E-state index is 0.0496. The minimum atomic E-state index is -0.683. The van der Waals surface area contributed by atoms with Crippen molar-refractivity contribution in [1.82, 2.24) is 20.0 Å². The summed E-state index contributed by atoms with van der Waals surface area (Å²) in [6.45, 7) is 4.45. The van der Waals surface area contributed by atoms with Crippen LogP contribution in [0.3, 0.4) is 0 Å². The van der Waals surface area contributed by atoms with Crippen molar-refractivity contribution in [1.29, 1.82) is 0 Å². The van der Waals surface area contributed by atoms with Gasteiger partial charge in [-0.15, -0.1) is 0 Å². The van der Waals surface area contributed by atoms with Crippen molar-refractivity contribution in [2.45, 2.75) is 57.9 Å². The van der Waals surface area contributed by atoms with E-state index >= 15 is 0 Å². The number of anilines is 2. The van der Waals surface area contributed by atoms with Gasteiger partial charge >= 0.3 is 12.1 Å². The van der Waals surface area contributed by atoms with Crippen LogP contribution in [0, 0.1) is 6.92 Å². The number of hydrogen-bond acceptors (Lipinski definition) is 4. The number of amides is 5. The van der Waals surface area contributed by atoms with E-state index in [0.717, 1.165) is 33.5 Å². The van der Waals surface area contributed by atoms with Crippen LogP contribution in [0.15, 0.2) is 66.7 Å². The average molecular weight is 553 g/mol. The topological polar surface area (TPSA) is 111 Å². The zero-order valence-electron chi connectivity index (χ0n) is 23.3. The molecule has 3 aromatic rings. The number of rotatable bonds is 4. The summed E-state index contributed by atoms with van der Waals surface area (Å²) in [6.07, 6.45) is 1.78. The summed E-state index contributed by atoms with van der Waals surface area (Å²) in [5.41, 5.74) is 12.9. The van der Waals surface area contributed by atoms with Crippen molar-refractivity contribution in [3.8, 4) is 0 Å². The Balaban J connectivity index is 1.14. The van der Waals surface area contributed by atoms with E-state index in [2.05, 4.69) is 10.6 Å². The maximum atomic E-state index is 13.8. The van der Waals surface area contributed by atoms with Gasteiger partial charge in [0.25, 0.3) is 0 Å². The van der Waals surface area contributed by atoms with Crippen LogP contribution in [-0.2, 0) is 30.8 Å². The highest BCUT2D eigenvalue weighted by molar-refractivity contribution is 5.92. The Morgan fingerprint density at radius 2 is 1.68 bits per heavy atom. The molecule has 0 saturated carbocycles. The number of hydrogen-bond donors (Lipinski definition) is 3. The summed E-state index contributed by atoms with van der Waals surface area (Å²) < 4.78 is 0. The second kappa shape index (κ2) is 11.2. The van der Waals surface area contributed by atoms with Gasteiger partial charge in [-0.05, 0) is 59.7 Å². The number of carbonyl (C=O) groups is 3. The third-order valence-electron chi connectivity index (χ3n) is 8.55. The first-order valence-corrected chi connectivity index (χ1v) is 14.3. The summed E-state index contributed by atoms with van der Waals surface area (Å²) in [5, 5.41) is 6.04. The van der Waals surface area contributed by atoms with Gasteiger partial charge in [-0.2, -0.15) is 0 Å². The number of nitrogen functional groups attached to an aromatic ring is 1. The van der Waals surface area contributed by atoms with Crippen molar-refractivity contribution >= 4 is 29.3 Å². The maximum Gasteiger partial charge on any atom is 0.322 e. The Labute approximate surface area is 240 Å². The number of urea groups is 2. The molecule has 9 heteroatoms. The molecule has 1 saturated heterocycles. The lowest BCUT2D eigenvalue weighted by atomic mass is 9.98. The van der Waals surface area contributed by atoms with Crippen molar-refractivity contribution < 1.29 is 14.4 Å². The van der Waals surface area contributed by atoms with Gasteiger partial charge in [0.15, 0.2) is 0 Å². The predicted octanol–water partition coefficient (Wildman–Crippen LogP) is 4.25. The summed E-state index contributed by atoms with van der Waals surface area (Å²) in [4.78, 5) is 45.5. The molecule has 4 N–H and O–H groups in total. The molecule has 1 unspecified atom stereocenters. The molecule has 1 atom stereocenters. The van der Waals surface area contributed by atoms with E-state index < -0.39 is 6.04 Å². The summed E-state index contributed by atoms with van der Waals surface area (Å²) in [6, 6.07) is 20.7. The van der Waals surface area contributed by atoms with E-state index in [0.29, 0.717) is 57.7 Å². The molecule has 0 aliphatic carbocycles. The largest absolute Gasteiger partial charge is 0.399 e. The Kier molecular flexibility index (Phi) is 7.26. The summed E-state index contributed by atoms with van der Waals surface area (Å²) >= 11 is 0. The number of nitrogens with one attached hydrogen (secondary N) is 2. The molecule has 212 valence electrons. The average Bonchev–Trinajstić information content (AvgIpc) is 3.09. The number of para-hydroxylation sites is 1. The second-order valence-corrected chi connectivity index (χ2v) is 11.3. The molecule has 0 aromatic heterocycles. The molecule has 5 amide bonds. The number of carbonyl (C=O) groups excluding carboxylic acids is 3. The molecule has 3 aliphatic rings. The maximum absolute atomic E-state index is 13.8. The molecule has 3 aromatic carbocycles. The van der Waals surface area contributed by atoms with Crippen LogP contribution in [0.25, 0.3) is 0 Å². The standard InChI is InChI=1S/C32H36N6O3/c1-21-15-24-17-29(30(39)37(19-25(24)16-27(21)33)18-22-7-3-2-4-8-22)35-31(40)36-13-11-26(12-14-36)38-20-23-9-5-6-10-28(23)34-32(38)41/h2-10,15-16,26,29H,11-14,17-20,33H2,1H3,(H,34,41)(H,35,40). The molecule has 3 aliphatic heterocycles. The lowest BCUT2D eigenvalue weighted by Gasteiger charge is -2.40. The molecule has 41 heavy (non-hydrogen) atoms. The van der Waals surface area contributed by atoms with Crippen molar-refractivity contribution in [2.75, 3.05) is 24.1 Å². The molecular weight excluding hydrogens is 516 g/mol. The van der Waals surface area contributed by atoms with Crippen LogP contribution in [0.4, 0.5) is 21.0 Å². The number of benzene rings is 3. The Hall–Kier alpha value is -4.53. The minimum Gasteiger partial charge on any atom is -0.399 e. The SMILES string of the molecule is Cc1cc2c(cc1N)CN(Cc1ccccc1)C(=O)C(NC(=O)N1CCC(N3Cc4ccccc4NC3=O)CC1)C2. The van der Waals surface area contributed by atoms with Gasteiger partial charge in [0.2, 0.25) is 5.91 Å². The fourth-order valence-electron chi connectivity index (χ4n) is 6.17. The smallest absolute Gasteiger partial charge is 0.322 e. The van der Waals surface area contributed by atoms with Gasteiger partial charge in [-0.1, -0.05) is 54.6 Å². The van der Waals surface area contributed by atoms with E-state index in [1.807, 2.05) is 78.6 Å². The van der Waals surface area contributed by atoms with E-state index in [-0.39, 0.29) is 24.0 Å². The van der Waals surface area contributed by atoms with Gasteiger partial charge in [0.05, 0.1) is 0 Å². The van der Waals surface area contributed by atoms with E-state index in [9.17, 15) is 14.4 Å². The van der Waals surface area contributed by atoms with Crippen LogP contribution >= 0.6 is 0 Å². The van der Waals surface area contributed by atoms with Crippen LogP contribution in [0.5, 0.6) is 0 Å². The van der Waals surface area contributed by atoms with Crippen molar-refractivity contribution in [2.24, 2.45) is 0 Å². The monoisotopic (exact) mass is 552 g/mol. The molecule has 9 nitrogen and oxygen atoms in total. The van der Waals surface area contributed by atoms with Gasteiger partial charge < -0.3 is 31.1 Å². The number of nitrogens with zero attached hydrogens (tertiary/aromatic N) is 3. The molecule has 6 rings (SSSR count). The molecule has 0 radical (unpaired) electrons. The fourth-order valence-corrected chi connectivity index (χ4v) is 6.17. The third-order valence-corrected chi connectivity index (χ3v) is 8.55. The summed E-state index contributed by atoms with van der Waals surface area (Å²) in [7, 11) is 0. The summed E-state index contributed by atoms with van der Waals surface area (Å²) in [5.74, 6) is -0.104. The number of nitrogens with two attached hydrogens (primary N) is 1. The van der Waals surface area contributed by atoms with E-state index in [1.54, 1.807) is 9.80 Å². The molecule has 0 bridgehead atoms. The lowest BCUT2D eigenvalue weighted by Crippen LogP contribution is -2.55. The van der Waals surface area contributed by atoms with Crippen molar-refractivity contribution in [3.63, 3.8) is 0 Å². The number of fused-ring (bicyclic) bond motifs is 2. The van der Waals surface area contributed by atoms with Crippen LogP contribution in [0.2, 0.25) is 0 Å².